The molecule has 0 amide bonds. The number of aromatic nitrogens is 3. The monoisotopic (exact) mass is 275 g/mol. The first-order valence-electron chi connectivity index (χ1n) is 5.66. The van der Waals surface area contributed by atoms with E-state index >= 15 is 0 Å². The maximum atomic E-state index is 12.2. The molecule has 0 aliphatic carbocycles. The predicted octanol–water partition coefficient (Wildman–Crippen LogP) is 1.48. The standard InChI is InChI=1S/C12H9N3O3S/c1-2-18-11(17)9-13-12-15(14-9)10(16)7-5-3-4-6-8(7)19-12/h3-6H,2H2,1H3. The lowest BCUT2D eigenvalue weighted by atomic mass is 10.3. The summed E-state index contributed by atoms with van der Waals surface area (Å²) in [6, 6.07) is 7.18. The molecule has 2 heterocycles. The van der Waals surface area contributed by atoms with E-state index in [4.69, 9.17) is 4.74 Å². The fraction of sp³-hybridized carbons (Fsp3) is 0.167. The molecule has 0 saturated heterocycles. The van der Waals surface area contributed by atoms with Crippen LogP contribution in [0.15, 0.2) is 29.1 Å². The highest BCUT2D eigenvalue weighted by molar-refractivity contribution is 7.23. The van der Waals surface area contributed by atoms with Crippen LogP contribution >= 0.6 is 11.3 Å². The summed E-state index contributed by atoms with van der Waals surface area (Å²) in [5.41, 5.74) is -0.285. The van der Waals surface area contributed by atoms with Crippen molar-refractivity contribution in [1.29, 1.82) is 0 Å². The van der Waals surface area contributed by atoms with Gasteiger partial charge in [0, 0.05) is 4.70 Å². The van der Waals surface area contributed by atoms with E-state index in [1.54, 1.807) is 19.1 Å². The van der Waals surface area contributed by atoms with E-state index < -0.39 is 5.97 Å². The Labute approximate surface area is 111 Å². The van der Waals surface area contributed by atoms with E-state index in [9.17, 15) is 9.59 Å². The first-order chi connectivity index (χ1) is 9.20. The van der Waals surface area contributed by atoms with Crippen molar-refractivity contribution in [2.24, 2.45) is 0 Å². The minimum absolute atomic E-state index is 0.0921. The van der Waals surface area contributed by atoms with Gasteiger partial charge in [-0.3, -0.25) is 4.79 Å². The van der Waals surface area contributed by atoms with Crippen molar-refractivity contribution in [3.63, 3.8) is 0 Å². The normalized spacial score (nSPS) is 11.0. The molecule has 3 aromatic rings. The third-order valence-corrected chi connectivity index (χ3v) is 3.57. The van der Waals surface area contributed by atoms with Gasteiger partial charge < -0.3 is 4.74 Å². The van der Waals surface area contributed by atoms with Crippen LogP contribution < -0.4 is 5.56 Å². The molecule has 0 unspecified atom stereocenters. The predicted molar refractivity (Wildman–Crippen MR) is 70.6 cm³/mol. The first-order valence-corrected chi connectivity index (χ1v) is 6.48. The van der Waals surface area contributed by atoms with Crippen molar-refractivity contribution in [2.75, 3.05) is 6.61 Å². The maximum Gasteiger partial charge on any atom is 0.378 e. The maximum absolute atomic E-state index is 12.2. The molecule has 0 atom stereocenters. The zero-order valence-corrected chi connectivity index (χ0v) is 10.8. The van der Waals surface area contributed by atoms with E-state index in [1.807, 2.05) is 12.1 Å². The van der Waals surface area contributed by atoms with E-state index in [0.717, 1.165) is 9.22 Å². The van der Waals surface area contributed by atoms with Crippen LogP contribution in [0.2, 0.25) is 0 Å². The lowest BCUT2D eigenvalue weighted by Gasteiger charge is -1.95. The van der Waals surface area contributed by atoms with Crippen molar-refractivity contribution in [3.8, 4) is 0 Å². The number of hydrogen-bond donors (Lipinski definition) is 0. The Morgan fingerprint density at radius 3 is 3.00 bits per heavy atom. The lowest BCUT2D eigenvalue weighted by molar-refractivity contribution is 0.0512. The summed E-state index contributed by atoms with van der Waals surface area (Å²) in [4.78, 5) is 28.2. The Morgan fingerprint density at radius 2 is 2.21 bits per heavy atom. The summed E-state index contributed by atoms with van der Waals surface area (Å²) in [5.74, 6) is -0.715. The minimum Gasteiger partial charge on any atom is -0.460 e. The van der Waals surface area contributed by atoms with Crippen LogP contribution in [0.3, 0.4) is 0 Å². The molecule has 7 heteroatoms. The van der Waals surface area contributed by atoms with Crippen molar-refractivity contribution in [2.45, 2.75) is 6.92 Å². The molecular weight excluding hydrogens is 266 g/mol. The molecule has 0 bridgehead atoms. The molecular formula is C12H9N3O3S. The lowest BCUT2D eigenvalue weighted by Crippen LogP contribution is -2.14. The van der Waals surface area contributed by atoms with Gasteiger partial charge in [-0.05, 0) is 19.1 Å². The average molecular weight is 275 g/mol. The number of rotatable bonds is 2. The average Bonchev–Trinajstić information content (AvgIpc) is 2.84. The fourth-order valence-electron chi connectivity index (χ4n) is 1.72. The molecule has 0 N–H and O–H groups in total. The Kier molecular flexibility index (Phi) is 2.75. The topological polar surface area (TPSA) is 73.6 Å². The van der Waals surface area contributed by atoms with Crippen LogP contribution in [0, 0.1) is 0 Å². The first kappa shape index (κ1) is 11.8. The van der Waals surface area contributed by atoms with Gasteiger partial charge in [0.2, 0.25) is 4.96 Å². The molecule has 0 spiro atoms. The SMILES string of the molecule is CCOC(=O)c1nc2sc3ccccc3c(=O)n2n1. The van der Waals surface area contributed by atoms with Gasteiger partial charge in [0.1, 0.15) is 0 Å². The molecule has 6 nitrogen and oxygen atoms in total. The van der Waals surface area contributed by atoms with Gasteiger partial charge in [0.15, 0.2) is 0 Å². The van der Waals surface area contributed by atoms with E-state index in [1.165, 1.54) is 11.3 Å². The highest BCUT2D eigenvalue weighted by Gasteiger charge is 2.16. The fourth-order valence-corrected chi connectivity index (χ4v) is 2.67. The molecule has 1 aromatic carbocycles. The molecule has 3 rings (SSSR count). The summed E-state index contributed by atoms with van der Waals surface area (Å²) in [6.45, 7) is 1.94. The largest absolute Gasteiger partial charge is 0.460 e. The Morgan fingerprint density at radius 1 is 1.42 bits per heavy atom. The van der Waals surface area contributed by atoms with Gasteiger partial charge in [0.25, 0.3) is 11.4 Å². The van der Waals surface area contributed by atoms with Crippen LogP contribution in [-0.2, 0) is 4.74 Å². The second-order valence-electron chi connectivity index (χ2n) is 3.75. The van der Waals surface area contributed by atoms with Crippen molar-refractivity contribution >= 4 is 32.4 Å². The Balaban J connectivity index is 2.28. The van der Waals surface area contributed by atoms with Crippen LogP contribution in [0.5, 0.6) is 0 Å². The number of hydrogen-bond acceptors (Lipinski definition) is 6. The third-order valence-electron chi connectivity index (χ3n) is 2.55. The van der Waals surface area contributed by atoms with E-state index in [2.05, 4.69) is 10.1 Å². The smallest absolute Gasteiger partial charge is 0.378 e. The summed E-state index contributed by atoms with van der Waals surface area (Å²) in [6.07, 6.45) is 0. The molecule has 19 heavy (non-hydrogen) atoms. The highest BCUT2D eigenvalue weighted by Crippen LogP contribution is 2.18. The van der Waals surface area contributed by atoms with Gasteiger partial charge >= 0.3 is 5.97 Å². The number of benzene rings is 1. The van der Waals surface area contributed by atoms with Gasteiger partial charge in [-0.1, -0.05) is 23.5 Å². The number of ether oxygens (including phenoxy) is 1. The van der Waals surface area contributed by atoms with Crippen molar-refractivity contribution in [1.82, 2.24) is 14.6 Å². The van der Waals surface area contributed by atoms with Crippen LogP contribution in [-0.4, -0.2) is 27.2 Å². The highest BCUT2D eigenvalue weighted by atomic mass is 32.1. The number of esters is 1. The van der Waals surface area contributed by atoms with Crippen LogP contribution in [0.25, 0.3) is 15.0 Å². The summed E-state index contributed by atoms with van der Waals surface area (Å²) >= 11 is 1.30. The zero-order valence-electron chi connectivity index (χ0n) is 9.99. The summed E-state index contributed by atoms with van der Waals surface area (Å²) in [5, 5.41) is 4.47. The Bertz CT molecular complexity index is 837. The van der Waals surface area contributed by atoms with E-state index in [-0.39, 0.29) is 18.0 Å². The summed E-state index contributed by atoms with van der Waals surface area (Å²) < 4.78 is 6.77. The molecule has 0 fully saturated rings. The molecule has 0 radical (unpaired) electrons. The number of nitrogens with zero attached hydrogens (tertiary/aromatic N) is 3. The minimum atomic E-state index is -0.623. The van der Waals surface area contributed by atoms with Crippen LogP contribution in [0.1, 0.15) is 17.5 Å². The molecule has 0 saturated carbocycles. The molecule has 96 valence electrons. The molecule has 2 aromatic heterocycles. The third kappa shape index (κ3) is 1.88. The van der Waals surface area contributed by atoms with Crippen molar-refractivity contribution in [3.05, 3.63) is 40.4 Å². The second-order valence-corrected chi connectivity index (χ2v) is 4.76. The molecule has 0 aliphatic rings. The number of carbonyl (C=O) groups is 1. The second kappa shape index (κ2) is 4.43. The van der Waals surface area contributed by atoms with Crippen LogP contribution in [0.4, 0.5) is 0 Å². The van der Waals surface area contributed by atoms with Gasteiger partial charge in [-0.15, -0.1) is 5.10 Å². The van der Waals surface area contributed by atoms with E-state index in [0.29, 0.717) is 10.3 Å². The van der Waals surface area contributed by atoms with Gasteiger partial charge in [0.05, 0.1) is 12.0 Å². The Hall–Kier alpha value is -2.28. The van der Waals surface area contributed by atoms with Crippen molar-refractivity contribution < 1.29 is 9.53 Å². The van der Waals surface area contributed by atoms with Gasteiger partial charge in [-0.2, -0.15) is 9.50 Å². The quantitative estimate of drug-likeness (QED) is 0.662. The molecule has 0 aliphatic heterocycles. The number of carbonyl (C=O) groups excluding carboxylic acids is 1. The number of fused-ring (bicyclic) bond motifs is 2. The zero-order chi connectivity index (χ0) is 13.4. The summed E-state index contributed by atoms with van der Waals surface area (Å²) in [7, 11) is 0. The van der Waals surface area contributed by atoms with Gasteiger partial charge in [-0.25, -0.2) is 4.79 Å².